The van der Waals surface area contributed by atoms with Crippen LogP contribution in [0.3, 0.4) is 0 Å². The summed E-state index contributed by atoms with van der Waals surface area (Å²) in [7, 11) is -1.08. The van der Waals surface area contributed by atoms with Crippen molar-refractivity contribution >= 4 is 19.7 Å². The number of esters is 1. The fourth-order valence-electron chi connectivity index (χ4n) is 1.40. The van der Waals surface area contributed by atoms with Crippen LogP contribution < -0.4 is 5.73 Å². The van der Waals surface area contributed by atoms with E-state index >= 15 is 0 Å². The SMILES string of the molecule is CCOC(=O)c1nn(COCC[Si](C)(C)C)cc1N. The van der Waals surface area contributed by atoms with Crippen molar-refractivity contribution < 1.29 is 14.3 Å². The Morgan fingerprint density at radius 3 is 2.74 bits per heavy atom. The van der Waals surface area contributed by atoms with Gasteiger partial charge in [-0.3, -0.25) is 0 Å². The molecule has 1 rings (SSSR count). The van der Waals surface area contributed by atoms with E-state index in [-0.39, 0.29) is 5.69 Å². The zero-order valence-electron chi connectivity index (χ0n) is 12.1. The molecule has 0 aliphatic rings. The van der Waals surface area contributed by atoms with Gasteiger partial charge in [0, 0.05) is 14.7 Å². The van der Waals surface area contributed by atoms with Crippen LogP contribution in [0.4, 0.5) is 5.69 Å². The monoisotopic (exact) mass is 285 g/mol. The lowest BCUT2D eigenvalue weighted by molar-refractivity contribution is 0.0511. The van der Waals surface area contributed by atoms with Crippen LogP contribution in [-0.2, 0) is 16.2 Å². The van der Waals surface area contributed by atoms with Crippen molar-refractivity contribution in [3.63, 3.8) is 0 Å². The lowest BCUT2D eigenvalue weighted by Crippen LogP contribution is -2.22. The van der Waals surface area contributed by atoms with Gasteiger partial charge in [-0.15, -0.1) is 0 Å². The molecule has 0 atom stereocenters. The highest BCUT2D eigenvalue weighted by Crippen LogP contribution is 2.11. The maximum absolute atomic E-state index is 11.5. The van der Waals surface area contributed by atoms with Gasteiger partial charge >= 0.3 is 5.97 Å². The molecule has 19 heavy (non-hydrogen) atoms. The number of hydrogen-bond donors (Lipinski definition) is 1. The summed E-state index contributed by atoms with van der Waals surface area (Å²) in [5.74, 6) is -0.499. The average molecular weight is 285 g/mol. The first-order valence-electron chi connectivity index (χ1n) is 6.41. The zero-order valence-corrected chi connectivity index (χ0v) is 13.1. The molecule has 0 aliphatic heterocycles. The fraction of sp³-hybridized carbons (Fsp3) is 0.667. The predicted molar refractivity (Wildman–Crippen MR) is 76.7 cm³/mol. The molecule has 0 aromatic carbocycles. The summed E-state index contributed by atoms with van der Waals surface area (Å²) in [6.07, 6.45) is 1.58. The lowest BCUT2D eigenvalue weighted by atomic mass is 10.4. The van der Waals surface area contributed by atoms with Gasteiger partial charge in [-0.05, 0) is 13.0 Å². The Kier molecular flexibility index (Phi) is 5.55. The molecule has 108 valence electrons. The molecular weight excluding hydrogens is 262 g/mol. The number of nitrogens with zero attached hydrogens (tertiary/aromatic N) is 2. The molecule has 0 radical (unpaired) electrons. The van der Waals surface area contributed by atoms with Gasteiger partial charge in [0.25, 0.3) is 0 Å². The third-order valence-electron chi connectivity index (χ3n) is 2.48. The molecule has 7 heteroatoms. The van der Waals surface area contributed by atoms with Crippen LogP contribution in [0, 0.1) is 0 Å². The van der Waals surface area contributed by atoms with Crippen LogP contribution >= 0.6 is 0 Å². The summed E-state index contributed by atoms with van der Waals surface area (Å²) in [5, 5.41) is 4.07. The van der Waals surface area contributed by atoms with Crippen molar-refractivity contribution in [2.45, 2.75) is 39.3 Å². The van der Waals surface area contributed by atoms with Gasteiger partial charge < -0.3 is 15.2 Å². The first-order chi connectivity index (χ1) is 8.83. The van der Waals surface area contributed by atoms with Crippen LogP contribution in [0.25, 0.3) is 0 Å². The Balaban J connectivity index is 2.48. The fourth-order valence-corrected chi connectivity index (χ4v) is 2.15. The second kappa shape index (κ2) is 6.72. The summed E-state index contributed by atoms with van der Waals surface area (Å²) in [4.78, 5) is 11.5. The van der Waals surface area contributed by atoms with E-state index in [0.29, 0.717) is 25.6 Å². The van der Waals surface area contributed by atoms with E-state index in [2.05, 4.69) is 24.7 Å². The third kappa shape index (κ3) is 5.44. The van der Waals surface area contributed by atoms with Crippen molar-refractivity contribution in [3.05, 3.63) is 11.9 Å². The largest absolute Gasteiger partial charge is 0.461 e. The topological polar surface area (TPSA) is 79.4 Å². The maximum Gasteiger partial charge on any atom is 0.361 e. The van der Waals surface area contributed by atoms with E-state index < -0.39 is 14.0 Å². The minimum Gasteiger partial charge on any atom is -0.461 e. The van der Waals surface area contributed by atoms with Crippen LogP contribution in [0.2, 0.25) is 25.7 Å². The second-order valence-corrected chi connectivity index (χ2v) is 11.2. The van der Waals surface area contributed by atoms with Gasteiger partial charge in [0.1, 0.15) is 6.73 Å². The van der Waals surface area contributed by atoms with Crippen molar-refractivity contribution in [1.29, 1.82) is 0 Å². The van der Waals surface area contributed by atoms with Gasteiger partial charge in [-0.2, -0.15) is 5.10 Å². The number of rotatable bonds is 7. The molecule has 0 saturated carbocycles. The summed E-state index contributed by atoms with van der Waals surface area (Å²) < 4.78 is 11.9. The van der Waals surface area contributed by atoms with Crippen LogP contribution in [0.1, 0.15) is 17.4 Å². The number of carbonyl (C=O) groups excluding carboxylic acids is 1. The molecular formula is C12H23N3O3Si. The third-order valence-corrected chi connectivity index (χ3v) is 4.18. The predicted octanol–water partition coefficient (Wildman–Crippen LogP) is 1.95. The number of ether oxygens (including phenoxy) is 2. The molecule has 0 aliphatic carbocycles. The average Bonchev–Trinajstić information content (AvgIpc) is 2.65. The van der Waals surface area contributed by atoms with Crippen LogP contribution in [-0.4, -0.2) is 37.0 Å². The highest BCUT2D eigenvalue weighted by atomic mass is 28.3. The molecule has 0 amide bonds. The molecule has 2 N–H and O–H groups in total. The first-order valence-corrected chi connectivity index (χ1v) is 10.1. The van der Waals surface area contributed by atoms with Gasteiger partial charge in [0.05, 0.1) is 18.5 Å². The van der Waals surface area contributed by atoms with E-state index in [0.717, 1.165) is 6.04 Å². The number of nitrogens with two attached hydrogens (primary N) is 1. The minimum absolute atomic E-state index is 0.149. The van der Waals surface area contributed by atoms with Gasteiger partial charge in [-0.1, -0.05) is 19.6 Å². The number of aromatic nitrogens is 2. The Morgan fingerprint density at radius 1 is 1.47 bits per heavy atom. The summed E-state index contributed by atoms with van der Waals surface area (Å²) in [5.41, 5.74) is 6.17. The molecule has 1 aromatic heterocycles. The number of hydrogen-bond acceptors (Lipinski definition) is 5. The summed E-state index contributed by atoms with van der Waals surface area (Å²) >= 11 is 0. The van der Waals surface area contributed by atoms with Gasteiger partial charge in [0.15, 0.2) is 5.69 Å². The Morgan fingerprint density at radius 2 is 2.16 bits per heavy atom. The molecule has 0 spiro atoms. The van der Waals surface area contributed by atoms with Crippen molar-refractivity contribution in [1.82, 2.24) is 9.78 Å². The maximum atomic E-state index is 11.5. The number of anilines is 1. The van der Waals surface area contributed by atoms with Crippen LogP contribution in [0.15, 0.2) is 6.20 Å². The second-order valence-electron chi connectivity index (χ2n) is 5.54. The lowest BCUT2D eigenvalue weighted by Gasteiger charge is -2.15. The van der Waals surface area contributed by atoms with E-state index in [1.165, 1.54) is 4.68 Å². The molecule has 0 bridgehead atoms. The quantitative estimate of drug-likeness (QED) is 0.470. The van der Waals surface area contributed by atoms with E-state index in [9.17, 15) is 4.79 Å². The minimum atomic E-state index is -1.08. The van der Waals surface area contributed by atoms with E-state index in [4.69, 9.17) is 15.2 Å². The van der Waals surface area contributed by atoms with Gasteiger partial charge in [-0.25, -0.2) is 9.48 Å². The summed E-state index contributed by atoms with van der Waals surface area (Å²) in [6, 6.07) is 1.09. The van der Waals surface area contributed by atoms with E-state index in [1.54, 1.807) is 13.1 Å². The molecule has 0 unspecified atom stereocenters. The standard InChI is InChI=1S/C12H23N3O3Si/c1-5-18-12(16)11-10(13)8-15(14-11)9-17-6-7-19(2,3)4/h8H,5-7,9,13H2,1-4H3. The Bertz CT molecular complexity index is 426. The van der Waals surface area contributed by atoms with Crippen LogP contribution in [0.5, 0.6) is 0 Å². The molecule has 0 saturated heterocycles. The zero-order chi connectivity index (χ0) is 14.5. The normalized spacial score (nSPS) is 11.6. The molecule has 0 fully saturated rings. The number of nitrogen functional groups attached to an aromatic ring is 1. The van der Waals surface area contributed by atoms with Crippen molar-refractivity contribution in [2.24, 2.45) is 0 Å². The summed E-state index contributed by atoms with van der Waals surface area (Å²) in [6.45, 7) is 9.92. The van der Waals surface area contributed by atoms with Crippen molar-refractivity contribution in [3.8, 4) is 0 Å². The first kappa shape index (κ1) is 15.7. The smallest absolute Gasteiger partial charge is 0.361 e. The highest BCUT2D eigenvalue weighted by Gasteiger charge is 2.16. The molecule has 1 aromatic rings. The van der Waals surface area contributed by atoms with Crippen molar-refractivity contribution in [2.75, 3.05) is 18.9 Å². The Labute approximate surface area is 114 Å². The Hall–Kier alpha value is -1.34. The number of carbonyl (C=O) groups is 1. The van der Waals surface area contributed by atoms with Gasteiger partial charge in [0.2, 0.25) is 0 Å². The molecule has 6 nitrogen and oxygen atoms in total. The highest BCUT2D eigenvalue weighted by molar-refractivity contribution is 6.76. The van der Waals surface area contributed by atoms with E-state index in [1.807, 2.05) is 0 Å². The molecule has 1 heterocycles.